The molecule has 0 heterocycles. The van der Waals surface area contributed by atoms with Crippen LogP contribution in [0, 0.1) is 11.6 Å². The molecule has 0 bridgehead atoms. The largest absolute Gasteiger partial charge is 0.327 e. The maximum absolute atomic E-state index is 13.9. The third kappa shape index (κ3) is 1.64. The lowest BCUT2D eigenvalue weighted by molar-refractivity contribution is 0.453. The molecule has 0 saturated heterocycles. The van der Waals surface area contributed by atoms with E-state index in [9.17, 15) is 8.78 Å². The number of hydrogen-bond acceptors (Lipinski definition) is 2. The number of nitrogens with two attached hydrogens (primary N) is 1. The second kappa shape index (κ2) is 4.00. The summed E-state index contributed by atoms with van der Waals surface area (Å²) >= 11 is 1.21. The van der Waals surface area contributed by atoms with Crippen LogP contribution in [-0.2, 0) is 5.41 Å². The van der Waals surface area contributed by atoms with E-state index in [4.69, 9.17) is 5.73 Å². The van der Waals surface area contributed by atoms with Crippen molar-refractivity contribution in [2.75, 3.05) is 6.26 Å². The Morgan fingerprint density at radius 2 is 1.94 bits per heavy atom. The number of hydrogen-bond donors (Lipinski definition) is 1. The summed E-state index contributed by atoms with van der Waals surface area (Å²) in [5, 5.41) is 0. The van der Waals surface area contributed by atoms with Gasteiger partial charge in [0.1, 0.15) is 0 Å². The smallest absolute Gasteiger partial charge is 0.172 e. The van der Waals surface area contributed by atoms with Gasteiger partial charge in [-0.3, -0.25) is 0 Å². The Bertz CT molecular complexity index is 414. The number of benzene rings is 1. The Hall–Kier alpha value is -0.610. The van der Waals surface area contributed by atoms with Crippen LogP contribution >= 0.6 is 11.8 Å². The van der Waals surface area contributed by atoms with E-state index < -0.39 is 11.6 Å². The lowest BCUT2D eigenvalue weighted by Gasteiger charge is -2.21. The summed E-state index contributed by atoms with van der Waals surface area (Å²) in [5.74, 6) is -1.46. The van der Waals surface area contributed by atoms with Crippen LogP contribution < -0.4 is 5.73 Å². The molecule has 4 heteroatoms. The maximum atomic E-state index is 13.9. The van der Waals surface area contributed by atoms with Gasteiger partial charge in [-0.25, -0.2) is 8.78 Å². The van der Waals surface area contributed by atoms with Crippen LogP contribution in [0.15, 0.2) is 17.0 Å². The molecule has 2 N–H and O–H groups in total. The van der Waals surface area contributed by atoms with Crippen LogP contribution in [0.5, 0.6) is 0 Å². The first kappa shape index (κ1) is 11.9. The van der Waals surface area contributed by atoms with E-state index >= 15 is 0 Å². The van der Waals surface area contributed by atoms with Gasteiger partial charge in [-0.2, -0.15) is 0 Å². The Morgan fingerprint density at radius 1 is 1.31 bits per heavy atom. The van der Waals surface area contributed by atoms with Crippen molar-refractivity contribution in [3.63, 3.8) is 0 Å². The summed E-state index contributed by atoms with van der Waals surface area (Å²) in [4.78, 5) is 0.349. The lowest BCUT2D eigenvalue weighted by Crippen LogP contribution is -2.32. The topological polar surface area (TPSA) is 26.0 Å². The highest BCUT2D eigenvalue weighted by atomic mass is 32.2. The molecule has 0 aliphatic heterocycles. The molecule has 16 heavy (non-hydrogen) atoms. The molecule has 88 valence electrons. The van der Waals surface area contributed by atoms with Gasteiger partial charge in [-0.15, -0.1) is 11.8 Å². The molecule has 1 atom stereocenters. The molecule has 0 radical (unpaired) electrons. The van der Waals surface area contributed by atoms with Gasteiger partial charge in [-0.1, -0.05) is 6.07 Å². The van der Waals surface area contributed by atoms with Crippen molar-refractivity contribution in [1.82, 2.24) is 0 Å². The first-order valence-electron chi connectivity index (χ1n) is 5.31. The minimum atomic E-state index is -0.739. The number of halogens is 2. The highest BCUT2D eigenvalue weighted by Crippen LogP contribution is 2.51. The highest BCUT2D eigenvalue weighted by Gasteiger charge is 2.49. The zero-order chi connectivity index (χ0) is 11.9. The van der Waals surface area contributed by atoms with E-state index in [2.05, 4.69) is 0 Å². The fraction of sp³-hybridized carbons (Fsp3) is 0.500. The molecule has 0 aromatic heterocycles. The van der Waals surface area contributed by atoms with Gasteiger partial charge in [0.15, 0.2) is 11.6 Å². The summed E-state index contributed by atoms with van der Waals surface area (Å²) in [6.07, 6.45) is 3.43. The molecule has 1 aliphatic carbocycles. The Labute approximate surface area is 98.4 Å². The van der Waals surface area contributed by atoms with Crippen molar-refractivity contribution in [2.24, 2.45) is 5.73 Å². The SMILES string of the molecule is CSc1ccc(C2(C(C)N)CC2)c(F)c1F. The van der Waals surface area contributed by atoms with E-state index in [0.717, 1.165) is 12.8 Å². The molecule has 0 amide bonds. The van der Waals surface area contributed by atoms with Gasteiger partial charge >= 0.3 is 0 Å². The van der Waals surface area contributed by atoms with Crippen molar-refractivity contribution < 1.29 is 8.78 Å². The lowest BCUT2D eigenvalue weighted by atomic mass is 9.89. The summed E-state index contributed by atoms with van der Waals surface area (Å²) in [6.45, 7) is 1.85. The average molecular weight is 243 g/mol. The molecular formula is C12H15F2NS. The maximum Gasteiger partial charge on any atom is 0.172 e. The van der Waals surface area contributed by atoms with Crippen molar-refractivity contribution >= 4 is 11.8 Å². The molecule has 2 rings (SSSR count). The molecule has 1 fully saturated rings. The van der Waals surface area contributed by atoms with Crippen molar-refractivity contribution in [1.29, 1.82) is 0 Å². The second-order valence-corrected chi connectivity index (χ2v) is 5.24. The standard InChI is InChI=1S/C12H15F2NS/c1-7(15)12(5-6-12)8-3-4-9(16-2)11(14)10(8)13/h3-4,7H,5-6,15H2,1-2H3. The molecule has 1 nitrogen and oxygen atoms in total. The number of thioether (sulfide) groups is 1. The predicted octanol–water partition coefficient (Wildman–Crippen LogP) is 3.07. The van der Waals surface area contributed by atoms with Crippen LogP contribution in [0.3, 0.4) is 0 Å². The van der Waals surface area contributed by atoms with Gasteiger partial charge in [0, 0.05) is 16.4 Å². The van der Waals surface area contributed by atoms with Crippen molar-refractivity contribution in [2.45, 2.75) is 36.1 Å². The molecule has 1 saturated carbocycles. The monoisotopic (exact) mass is 243 g/mol. The summed E-state index contributed by atoms with van der Waals surface area (Å²) in [7, 11) is 0. The van der Waals surface area contributed by atoms with Gasteiger partial charge in [0.2, 0.25) is 0 Å². The number of rotatable bonds is 3. The molecular weight excluding hydrogens is 228 g/mol. The molecule has 1 aromatic carbocycles. The van der Waals surface area contributed by atoms with Gasteiger partial charge in [0.05, 0.1) is 0 Å². The minimum Gasteiger partial charge on any atom is -0.327 e. The first-order chi connectivity index (χ1) is 7.53. The van der Waals surface area contributed by atoms with Crippen LogP contribution in [0.4, 0.5) is 8.78 Å². The van der Waals surface area contributed by atoms with Crippen LogP contribution in [-0.4, -0.2) is 12.3 Å². The Kier molecular flexibility index (Phi) is 2.97. The van der Waals surface area contributed by atoms with E-state index in [1.165, 1.54) is 11.8 Å². The van der Waals surface area contributed by atoms with Crippen molar-refractivity contribution in [3.8, 4) is 0 Å². The van der Waals surface area contributed by atoms with Gasteiger partial charge < -0.3 is 5.73 Å². The molecule has 0 spiro atoms. The van der Waals surface area contributed by atoms with Gasteiger partial charge in [-0.05, 0) is 37.7 Å². The predicted molar refractivity (Wildman–Crippen MR) is 62.7 cm³/mol. The van der Waals surface area contributed by atoms with Crippen LogP contribution in [0.2, 0.25) is 0 Å². The van der Waals surface area contributed by atoms with Gasteiger partial charge in [0.25, 0.3) is 0 Å². The third-order valence-corrected chi connectivity index (χ3v) is 4.22. The highest BCUT2D eigenvalue weighted by molar-refractivity contribution is 7.98. The summed E-state index contributed by atoms with van der Waals surface area (Å²) in [6, 6.07) is 3.18. The van der Waals surface area contributed by atoms with E-state index in [-0.39, 0.29) is 11.5 Å². The van der Waals surface area contributed by atoms with Crippen molar-refractivity contribution in [3.05, 3.63) is 29.3 Å². The summed E-state index contributed by atoms with van der Waals surface area (Å²) < 4.78 is 27.5. The molecule has 1 aliphatic rings. The van der Waals surface area contributed by atoms with E-state index in [1.54, 1.807) is 18.4 Å². The van der Waals surface area contributed by atoms with E-state index in [1.807, 2.05) is 6.92 Å². The first-order valence-corrected chi connectivity index (χ1v) is 6.53. The zero-order valence-electron chi connectivity index (χ0n) is 9.39. The fourth-order valence-electron chi connectivity index (χ4n) is 2.18. The zero-order valence-corrected chi connectivity index (χ0v) is 10.2. The average Bonchev–Trinajstić information content (AvgIpc) is 3.03. The van der Waals surface area contributed by atoms with Crippen LogP contribution in [0.1, 0.15) is 25.3 Å². The quantitative estimate of drug-likeness (QED) is 0.826. The fourth-order valence-corrected chi connectivity index (χ4v) is 2.65. The second-order valence-electron chi connectivity index (χ2n) is 4.39. The molecule has 1 aromatic rings. The summed E-state index contributed by atoms with van der Waals surface area (Å²) in [5.41, 5.74) is 5.97. The van der Waals surface area contributed by atoms with E-state index in [0.29, 0.717) is 10.5 Å². The van der Waals surface area contributed by atoms with Crippen LogP contribution in [0.25, 0.3) is 0 Å². The Morgan fingerprint density at radius 3 is 2.38 bits per heavy atom. The Balaban J connectivity index is 2.48. The third-order valence-electron chi connectivity index (χ3n) is 3.46. The minimum absolute atomic E-state index is 0.137. The normalized spacial score (nSPS) is 19.6. The molecule has 1 unspecified atom stereocenters.